The van der Waals surface area contributed by atoms with Crippen LogP contribution < -0.4 is 4.74 Å². The average molecular weight is 328 g/mol. The number of carbonyl (C=O) groups is 2. The largest absolute Gasteiger partial charge is 0.481 e. The Hall–Kier alpha value is -2.22. The van der Waals surface area contributed by atoms with Crippen molar-refractivity contribution in [1.29, 1.82) is 0 Å². The van der Waals surface area contributed by atoms with Crippen LogP contribution in [0.25, 0.3) is 0 Å². The van der Waals surface area contributed by atoms with Gasteiger partial charge >= 0.3 is 12.6 Å². The molecule has 0 spiro atoms. The molecule has 23 heavy (non-hydrogen) atoms. The first-order valence-electron chi connectivity index (χ1n) is 7.24. The molecule has 6 nitrogen and oxygen atoms in total. The number of ether oxygens (including phenoxy) is 1. The molecule has 8 heteroatoms. The molecule has 1 aromatic rings. The zero-order valence-corrected chi connectivity index (χ0v) is 12.5. The molecule has 1 aromatic carbocycles. The Labute approximate surface area is 132 Å². The van der Waals surface area contributed by atoms with Gasteiger partial charge in [-0.15, -0.1) is 0 Å². The number of rotatable bonds is 6. The van der Waals surface area contributed by atoms with Crippen LogP contribution in [0, 0.1) is 0 Å². The minimum atomic E-state index is -2.99. The van der Waals surface area contributed by atoms with Crippen LogP contribution in [0.3, 0.4) is 0 Å². The van der Waals surface area contributed by atoms with Crippen LogP contribution in [-0.2, 0) is 4.79 Å². The molecule has 0 radical (unpaired) electrons. The normalized spacial score (nSPS) is 15.7. The van der Waals surface area contributed by atoms with Gasteiger partial charge in [-0.3, -0.25) is 14.5 Å². The minimum Gasteiger partial charge on any atom is -0.481 e. The van der Waals surface area contributed by atoms with Crippen molar-refractivity contribution < 1.29 is 28.2 Å². The molecule has 0 aliphatic carbocycles. The number of aliphatic carboxylic acids is 1. The van der Waals surface area contributed by atoms with Crippen LogP contribution in [0.4, 0.5) is 8.78 Å². The number of hydrogen-bond donors (Lipinski definition) is 1. The minimum absolute atomic E-state index is 0.0546. The second-order valence-electron chi connectivity index (χ2n) is 5.15. The van der Waals surface area contributed by atoms with E-state index in [0.29, 0.717) is 32.7 Å². The fourth-order valence-corrected chi connectivity index (χ4v) is 2.44. The van der Waals surface area contributed by atoms with Crippen molar-refractivity contribution in [3.05, 3.63) is 29.8 Å². The van der Waals surface area contributed by atoms with E-state index in [2.05, 4.69) is 4.74 Å². The molecular formula is C15H18F2N2O4. The van der Waals surface area contributed by atoms with Crippen molar-refractivity contribution in [1.82, 2.24) is 9.80 Å². The standard InChI is InChI=1S/C15H18F2N2O4/c16-15(17)23-12-4-2-1-3-11(12)14(22)19-9-7-18(8-10-19)6-5-13(20)21/h1-4,15H,5-10H2,(H,20,21). The van der Waals surface area contributed by atoms with E-state index in [1.807, 2.05) is 4.90 Å². The lowest BCUT2D eigenvalue weighted by molar-refractivity contribution is -0.137. The topological polar surface area (TPSA) is 70.1 Å². The summed E-state index contributed by atoms with van der Waals surface area (Å²) in [5.41, 5.74) is 0.104. The summed E-state index contributed by atoms with van der Waals surface area (Å²) in [4.78, 5) is 26.5. The first kappa shape index (κ1) is 17.1. The van der Waals surface area contributed by atoms with Crippen molar-refractivity contribution in [2.24, 2.45) is 0 Å². The summed E-state index contributed by atoms with van der Waals surface area (Å²) >= 11 is 0. The zero-order valence-electron chi connectivity index (χ0n) is 12.5. The van der Waals surface area contributed by atoms with E-state index in [4.69, 9.17) is 5.11 Å². The van der Waals surface area contributed by atoms with Crippen molar-refractivity contribution >= 4 is 11.9 Å². The summed E-state index contributed by atoms with van der Waals surface area (Å²) in [5.74, 6) is -1.36. The maximum atomic E-state index is 12.5. The number of para-hydroxylation sites is 1. The van der Waals surface area contributed by atoms with Crippen LogP contribution >= 0.6 is 0 Å². The highest BCUT2D eigenvalue weighted by atomic mass is 19.3. The predicted octanol–water partition coefficient (Wildman–Crippen LogP) is 1.52. The van der Waals surface area contributed by atoms with Gasteiger partial charge in [0.15, 0.2) is 0 Å². The highest BCUT2D eigenvalue weighted by Crippen LogP contribution is 2.22. The third-order valence-electron chi connectivity index (χ3n) is 3.63. The number of nitrogens with zero attached hydrogens (tertiary/aromatic N) is 2. The zero-order chi connectivity index (χ0) is 16.8. The summed E-state index contributed by atoms with van der Waals surface area (Å²) in [6.45, 7) is -0.615. The van der Waals surface area contributed by atoms with Crippen molar-refractivity contribution in [3.63, 3.8) is 0 Å². The molecule has 126 valence electrons. The van der Waals surface area contributed by atoms with Gasteiger partial charge in [0.2, 0.25) is 0 Å². The molecule has 1 amide bonds. The van der Waals surface area contributed by atoms with E-state index >= 15 is 0 Å². The van der Waals surface area contributed by atoms with Crippen molar-refractivity contribution in [3.8, 4) is 5.75 Å². The van der Waals surface area contributed by atoms with E-state index in [1.165, 1.54) is 18.2 Å². The molecular weight excluding hydrogens is 310 g/mol. The molecule has 1 aliphatic heterocycles. The third-order valence-corrected chi connectivity index (χ3v) is 3.63. The lowest BCUT2D eigenvalue weighted by atomic mass is 10.1. The van der Waals surface area contributed by atoms with Crippen molar-refractivity contribution in [2.45, 2.75) is 13.0 Å². The molecule has 1 saturated heterocycles. The number of piperazine rings is 1. The van der Waals surface area contributed by atoms with Gasteiger partial charge in [0, 0.05) is 32.7 Å². The highest BCUT2D eigenvalue weighted by Gasteiger charge is 2.25. The maximum absolute atomic E-state index is 12.5. The maximum Gasteiger partial charge on any atom is 0.387 e. The number of amides is 1. The van der Waals surface area contributed by atoms with Gasteiger partial charge in [-0.05, 0) is 12.1 Å². The van der Waals surface area contributed by atoms with Gasteiger partial charge in [-0.2, -0.15) is 8.78 Å². The molecule has 2 rings (SSSR count). The van der Waals surface area contributed by atoms with Crippen LogP contribution in [0.1, 0.15) is 16.8 Å². The van der Waals surface area contributed by atoms with E-state index < -0.39 is 12.6 Å². The van der Waals surface area contributed by atoms with Crippen molar-refractivity contribution in [2.75, 3.05) is 32.7 Å². The number of benzene rings is 1. The summed E-state index contributed by atoms with van der Waals surface area (Å²) in [6.07, 6.45) is 0.0546. The summed E-state index contributed by atoms with van der Waals surface area (Å²) in [7, 11) is 0. The van der Waals surface area contributed by atoms with Gasteiger partial charge in [0.05, 0.1) is 12.0 Å². The number of carboxylic acids is 1. The predicted molar refractivity (Wildman–Crippen MR) is 77.7 cm³/mol. The summed E-state index contributed by atoms with van der Waals surface area (Å²) in [5, 5.41) is 8.67. The first-order valence-corrected chi connectivity index (χ1v) is 7.24. The van der Waals surface area contributed by atoms with E-state index in [1.54, 1.807) is 11.0 Å². The molecule has 1 N–H and O–H groups in total. The van der Waals surface area contributed by atoms with Crippen LogP contribution in [0.5, 0.6) is 5.75 Å². The molecule has 1 fully saturated rings. The highest BCUT2D eigenvalue weighted by molar-refractivity contribution is 5.97. The van der Waals surface area contributed by atoms with Gasteiger partial charge < -0.3 is 14.7 Å². The lowest BCUT2D eigenvalue weighted by Crippen LogP contribution is -2.49. The second kappa shape index (κ2) is 7.87. The smallest absolute Gasteiger partial charge is 0.387 e. The Balaban J connectivity index is 1.96. The summed E-state index contributed by atoms with van der Waals surface area (Å²) in [6, 6.07) is 5.91. The Morgan fingerprint density at radius 3 is 2.43 bits per heavy atom. The van der Waals surface area contributed by atoms with Gasteiger partial charge in [0.1, 0.15) is 5.75 Å². The Morgan fingerprint density at radius 2 is 1.83 bits per heavy atom. The monoisotopic (exact) mass is 328 g/mol. The number of alkyl halides is 2. The van der Waals surface area contributed by atoms with Crippen LogP contribution in [0.15, 0.2) is 24.3 Å². The second-order valence-corrected chi connectivity index (χ2v) is 5.15. The first-order chi connectivity index (χ1) is 11.0. The molecule has 0 unspecified atom stereocenters. The van der Waals surface area contributed by atoms with Gasteiger partial charge in [-0.1, -0.05) is 12.1 Å². The third kappa shape index (κ3) is 4.88. The van der Waals surface area contributed by atoms with Crippen LogP contribution in [0.2, 0.25) is 0 Å². The Bertz CT molecular complexity index is 560. The lowest BCUT2D eigenvalue weighted by Gasteiger charge is -2.34. The molecule has 1 aliphatic rings. The van der Waals surface area contributed by atoms with Crippen LogP contribution in [-0.4, -0.2) is 66.1 Å². The van der Waals surface area contributed by atoms with E-state index in [9.17, 15) is 18.4 Å². The molecule has 0 saturated carbocycles. The average Bonchev–Trinajstić information content (AvgIpc) is 2.53. The quantitative estimate of drug-likeness (QED) is 0.857. The number of hydrogen-bond acceptors (Lipinski definition) is 4. The molecule has 0 atom stereocenters. The van der Waals surface area contributed by atoms with Gasteiger partial charge in [-0.25, -0.2) is 0 Å². The van der Waals surface area contributed by atoms with E-state index in [0.717, 1.165) is 0 Å². The van der Waals surface area contributed by atoms with E-state index in [-0.39, 0.29) is 23.6 Å². The fraction of sp³-hybridized carbons (Fsp3) is 0.467. The molecule has 0 aromatic heterocycles. The number of carbonyl (C=O) groups excluding carboxylic acids is 1. The number of halogens is 2. The number of carboxylic acid groups (broad SMARTS) is 1. The molecule has 0 bridgehead atoms. The SMILES string of the molecule is O=C(O)CCN1CCN(C(=O)c2ccccc2OC(F)F)CC1. The Morgan fingerprint density at radius 1 is 1.17 bits per heavy atom. The fourth-order valence-electron chi connectivity index (χ4n) is 2.44. The van der Waals surface area contributed by atoms with Gasteiger partial charge in [0.25, 0.3) is 5.91 Å². The summed E-state index contributed by atoms with van der Waals surface area (Å²) < 4.78 is 29.2. The Kier molecular flexibility index (Phi) is 5.86. The molecule has 1 heterocycles.